The number of rotatable bonds is 2. The first-order chi connectivity index (χ1) is 13.5. The van der Waals surface area contributed by atoms with Gasteiger partial charge in [-0.25, -0.2) is 4.98 Å². The van der Waals surface area contributed by atoms with Gasteiger partial charge in [0.15, 0.2) is 0 Å². The lowest BCUT2D eigenvalue weighted by Gasteiger charge is -2.40. The van der Waals surface area contributed by atoms with E-state index in [9.17, 15) is 9.59 Å². The van der Waals surface area contributed by atoms with Gasteiger partial charge >= 0.3 is 0 Å². The predicted molar refractivity (Wildman–Crippen MR) is 108 cm³/mol. The number of H-pyrrole nitrogens is 1. The average Bonchev–Trinajstić information content (AvgIpc) is 3.46. The molecule has 1 aliphatic heterocycles. The van der Waals surface area contributed by atoms with Crippen molar-refractivity contribution in [2.45, 2.75) is 56.8 Å². The second-order valence-electron chi connectivity index (χ2n) is 8.62. The van der Waals surface area contributed by atoms with Gasteiger partial charge in [-0.3, -0.25) is 9.59 Å². The molecule has 1 saturated carbocycles. The molecule has 1 unspecified atom stereocenters. The molecular formula is C22H24ClN3O2. The summed E-state index contributed by atoms with van der Waals surface area (Å²) in [6, 6.07) is 5.43. The average molecular weight is 398 g/mol. The van der Waals surface area contributed by atoms with Crippen LogP contribution in [0.5, 0.6) is 0 Å². The number of hydrogen-bond donors (Lipinski definition) is 1. The molecule has 0 radical (unpaired) electrons. The minimum Gasteiger partial charge on any atom is -0.338 e. The third-order valence-electron chi connectivity index (χ3n) is 6.64. The van der Waals surface area contributed by atoms with Crippen LogP contribution in [-0.4, -0.2) is 33.9 Å². The van der Waals surface area contributed by atoms with Gasteiger partial charge < -0.3 is 9.88 Å². The van der Waals surface area contributed by atoms with Crippen molar-refractivity contribution in [2.75, 3.05) is 13.1 Å². The molecule has 1 aromatic carbocycles. The van der Waals surface area contributed by atoms with Crippen LogP contribution in [0.3, 0.4) is 0 Å². The normalized spacial score (nSPS) is 23.9. The van der Waals surface area contributed by atoms with E-state index in [2.05, 4.69) is 4.98 Å². The summed E-state index contributed by atoms with van der Waals surface area (Å²) in [5.41, 5.74) is 3.25. The quantitative estimate of drug-likeness (QED) is 0.839. The molecule has 5 nitrogen and oxygen atoms in total. The van der Waals surface area contributed by atoms with E-state index in [4.69, 9.17) is 16.6 Å². The van der Waals surface area contributed by atoms with Crippen molar-refractivity contribution in [3.8, 4) is 0 Å². The number of carbonyl (C=O) groups is 1. The molecule has 2 fully saturated rings. The number of fused-ring (bicyclic) bond motifs is 2. The van der Waals surface area contributed by atoms with Crippen LogP contribution >= 0.6 is 11.6 Å². The summed E-state index contributed by atoms with van der Waals surface area (Å²) in [6.45, 7) is 3.31. The number of carbonyl (C=O) groups excluding carboxylic acids is 1. The number of aromatic nitrogens is 2. The number of aromatic amines is 1. The van der Waals surface area contributed by atoms with Crippen LogP contribution in [0, 0.1) is 6.92 Å². The van der Waals surface area contributed by atoms with Crippen molar-refractivity contribution in [3.63, 3.8) is 0 Å². The van der Waals surface area contributed by atoms with Crippen LogP contribution in [0.25, 0.3) is 0 Å². The molecule has 28 heavy (non-hydrogen) atoms. The Kier molecular flexibility index (Phi) is 4.13. The number of aryl methyl sites for hydroxylation is 1. The van der Waals surface area contributed by atoms with Crippen LogP contribution in [0.4, 0.5) is 0 Å². The molecule has 1 aromatic heterocycles. The fraction of sp³-hybridized carbons (Fsp3) is 0.500. The Balaban J connectivity index is 1.48. The first-order valence-electron chi connectivity index (χ1n) is 10.2. The number of benzene rings is 1. The fourth-order valence-corrected chi connectivity index (χ4v) is 5.19. The second-order valence-corrected chi connectivity index (χ2v) is 9.06. The van der Waals surface area contributed by atoms with Gasteiger partial charge in [-0.1, -0.05) is 11.6 Å². The van der Waals surface area contributed by atoms with Gasteiger partial charge in [0.25, 0.3) is 11.5 Å². The Morgan fingerprint density at radius 3 is 2.89 bits per heavy atom. The molecule has 1 atom stereocenters. The number of hydrogen-bond acceptors (Lipinski definition) is 3. The number of likely N-dealkylation sites (tertiary alicyclic amines) is 1. The van der Waals surface area contributed by atoms with E-state index in [0.29, 0.717) is 23.0 Å². The number of nitrogens with one attached hydrogen (secondary N) is 1. The predicted octanol–water partition coefficient (Wildman–Crippen LogP) is 3.73. The van der Waals surface area contributed by atoms with Crippen molar-refractivity contribution in [3.05, 3.63) is 61.8 Å². The zero-order valence-corrected chi connectivity index (χ0v) is 16.8. The number of nitrogens with zero attached hydrogens (tertiary/aromatic N) is 2. The highest BCUT2D eigenvalue weighted by Crippen LogP contribution is 2.45. The topological polar surface area (TPSA) is 66.1 Å². The Bertz CT molecular complexity index is 1030. The summed E-state index contributed by atoms with van der Waals surface area (Å²) >= 11 is 6.06. The maximum Gasteiger partial charge on any atom is 0.254 e. The zero-order chi connectivity index (χ0) is 19.5. The molecule has 1 amide bonds. The molecule has 2 aliphatic carbocycles. The van der Waals surface area contributed by atoms with Gasteiger partial charge in [-0.15, -0.1) is 0 Å². The van der Waals surface area contributed by atoms with Crippen LogP contribution in [0.2, 0.25) is 5.02 Å². The first kappa shape index (κ1) is 17.9. The lowest BCUT2D eigenvalue weighted by molar-refractivity contribution is 0.0632. The molecule has 5 rings (SSSR count). The van der Waals surface area contributed by atoms with E-state index in [1.165, 1.54) is 0 Å². The van der Waals surface area contributed by atoms with Gasteiger partial charge in [0.2, 0.25) is 0 Å². The molecule has 1 N–H and O–H groups in total. The monoisotopic (exact) mass is 397 g/mol. The molecule has 0 bridgehead atoms. The van der Waals surface area contributed by atoms with Crippen molar-refractivity contribution < 1.29 is 4.79 Å². The summed E-state index contributed by atoms with van der Waals surface area (Å²) in [4.78, 5) is 35.7. The maximum absolute atomic E-state index is 13.2. The van der Waals surface area contributed by atoms with Crippen molar-refractivity contribution in [2.24, 2.45) is 0 Å². The Hall–Kier alpha value is -2.14. The summed E-state index contributed by atoms with van der Waals surface area (Å²) in [5, 5.41) is 0.643. The van der Waals surface area contributed by atoms with E-state index < -0.39 is 0 Å². The van der Waals surface area contributed by atoms with Crippen molar-refractivity contribution in [1.29, 1.82) is 0 Å². The van der Waals surface area contributed by atoms with E-state index >= 15 is 0 Å². The van der Waals surface area contributed by atoms with Gasteiger partial charge in [0, 0.05) is 40.6 Å². The molecule has 2 heterocycles. The number of piperidine rings is 1. The summed E-state index contributed by atoms with van der Waals surface area (Å²) in [5.74, 6) is 1.31. The zero-order valence-electron chi connectivity index (χ0n) is 16.1. The van der Waals surface area contributed by atoms with Gasteiger partial charge in [0.1, 0.15) is 5.82 Å². The Morgan fingerprint density at radius 2 is 2.14 bits per heavy atom. The molecule has 146 valence electrons. The minimum atomic E-state index is -0.179. The Morgan fingerprint density at radius 1 is 1.32 bits per heavy atom. The van der Waals surface area contributed by atoms with Gasteiger partial charge in [-0.05, 0) is 69.2 Å². The first-order valence-corrected chi connectivity index (χ1v) is 10.5. The van der Waals surface area contributed by atoms with Crippen molar-refractivity contribution >= 4 is 17.5 Å². The van der Waals surface area contributed by atoms with Gasteiger partial charge in [-0.2, -0.15) is 0 Å². The molecule has 3 aliphatic rings. The third-order valence-corrected chi connectivity index (χ3v) is 6.87. The summed E-state index contributed by atoms with van der Waals surface area (Å²) < 4.78 is 0. The molecule has 6 heteroatoms. The highest BCUT2D eigenvalue weighted by Gasteiger charge is 2.46. The largest absolute Gasteiger partial charge is 0.338 e. The highest BCUT2D eigenvalue weighted by molar-refractivity contribution is 6.30. The molecular weight excluding hydrogens is 374 g/mol. The van der Waals surface area contributed by atoms with E-state index in [1.54, 1.807) is 6.07 Å². The van der Waals surface area contributed by atoms with Crippen LogP contribution in [-0.2, 0) is 11.8 Å². The van der Waals surface area contributed by atoms with Crippen LogP contribution in [0.15, 0.2) is 23.0 Å². The van der Waals surface area contributed by atoms with E-state index in [1.807, 2.05) is 24.0 Å². The maximum atomic E-state index is 13.2. The Labute approximate surface area is 169 Å². The SMILES string of the molecule is Cc1cc(Cl)ccc1C(=O)N1CCCC2(CCc3c2nc(C2CC2)[nH]c3=O)C1. The smallest absolute Gasteiger partial charge is 0.254 e. The number of amides is 1. The molecule has 1 saturated heterocycles. The van der Waals surface area contributed by atoms with Crippen molar-refractivity contribution in [1.82, 2.24) is 14.9 Å². The highest BCUT2D eigenvalue weighted by atomic mass is 35.5. The molecule has 2 aromatic rings. The lowest BCUT2D eigenvalue weighted by atomic mass is 9.77. The second kappa shape index (κ2) is 6.45. The van der Waals surface area contributed by atoms with Crippen LogP contribution < -0.4 is 5.56 Å². The van der Waals surface area contributed by atoms with E-state index in [0.717, 1.165) is 67.7 Å². The summed E-state index contributed by atoms with van der Waals surface area (Å²) in [7, 11) is 0. The fourth-order valence-electron chi connectivity index (χ4n) is 4.96. The molecule has 1 spiro atoms. The number of halogens is 1. The lowest BCUT2D eigenvalue weighted by Crippen LogP contribution is -2.48. The minimum absolute atomic E-state index is 0.0285. The van der Waals surface area contributed by atoms with Crippen LogP contribution in [0.1, 0.15) is 71.0 Å². The third kappa shape index (κ3) is 2.87. The summed E-state index contributed by atoms with van der Waals surface area (Å²) in [6.07, 6.45) is 5.79. The van der Waals surface area contributed by atoms with E-state index in [-0.39, 0.29) is 16.9 Å². The standard InChI is InChI=1S/C22H24ClN3O2/c1-13-11-15(23)5-6-16(13)21(28)26-10-2-8-22(12-26)9-7-17-18(22)24-19(14-3-4-14)25-20(17)27/h5-6,11,14H,2-4,7-10,12H2,1H3,(H,24,25,27). The van der Waals surface area contributed by atoms with Gasteiger partial charge in [0.05, 0.1) is 5.69 Å².